The zero-order valence-corrected chi connectivity index (χ0v) is 11.7. The lowest BCUT2D eigenvalue weighted by molar-refractivity contribution is -0.721. The fraction of sp³-hybridized carbons (Fsp3) is 1.00. The molecule has 0 aliphatic heterocycles. The van der Waals surface area contributed by atoms with Gasteiger partial charge in [-0.05, 0) is 41.5 Å². The van der Waals surface area contributed by atoms with Crippen molar-refractivity contribution in [2.24, 2.45) is 0 Å². The molecule has 0 saturated heterocycles. The summed E-state index contributed by atoms with van der Waals surface area (Å²) in [6.07, 6.45) is -0.270. The smallest absolute Gasteiger partial charge is 0.115 e. The molecule has 0 rings (SSSR count). The second-order valence-electron chi connectivity index (χ2n) is 6.09. The van der Waals surface area contributed by atoms with Crippen LogP contribution in [0.2, 0.25) is 0 Å². The summed E-state index contributed by atoms with van der Waals surface area (Å²) in [5.41, 5.74) is 0.283. The average Bonchev–Trinajstić information content (AvgIpc) is 1.94. The van der Waals surface area contributed by atoms with Crippen molar-refractivity contribution < 1.29 is 22.8 Å². The second kappa shape index (κ2) is 6.69. The van der Waals surface area contributed by atoms with Crippen LogP contribution in [0.5, 0.6) is 0 Å². The molecule has 1 unspecified atom stereocenters. The number of halogens is 1. The molecule has 0 aliphatic carbocycles. The van der Waals surface area contributed by atoms with E-state index in [9.17, 15) is 5.11 Å². The molecule has 0 spiro atoms. The number of nitrogens with two attached hydrogens (primary N) is 1. The molecular weight excluding hydrogens is 212 g/mol. The number of aliphatic hydroxyl groups excluding tert-OH is 1. The number of quaternary nitrogens is 1. The molecule has 15 heavy (non-hydrogen) atoms. The molecule has 0 amide bonds. The van der Waals surface area contributed by atoms with Crippen LogP contribution in [0.3, 0.4) is 0 Å². The summed E-state index contributed by atoms with van der Waals surface area (Å²) < 4.78 is 0. The quantitative estimate of drug-likeness (QED) is 0.492. The summed E-state index contributed by atoms with van der Waals surface area (Å²) >= 11 is 0. The summed E-state index contributed by atoms with van der Waals surface area (Å²) in [6, 6.07) is 0. The van der Waals surface area contributed by atoms with Gasteiger partial charge in [0.2, 0.25) is 0 Å². The van der Waals surface area contributed by atoms with Gasteiger partial charge < -0.3 is 28.1 Å². The van der Waals surface area contributed by atoms with E-state index in [0.717, 1.165) is 6.54 Å². The van der Waals surface area contributed by atoms with E-state index in [0.29, 0.717) is 6.54 Å². The van der Waals surface area contributed by atoms with Crippen molar-refractivity contribution in [1.82, 2.24) is 5.32 Å². The molecule has 4 N–H and O–H groups in total. The van der Waals surface area contributed by atoms with Gasteiger partial charge in [-0.2, -0.15) is 0 Å². The molecule has 0 bridgehead atoms. The average molecular weight is 239 g/mol. The van der Waals surface area contributed by atoms with Crippen molar-refractivity contribution in [3.8, 4) is 0 Å². The maximum atomic E-state index is 9.68. The molecule has 94 valence electrons. The Kier molecular flexibility index (Phi) is 7.83. The first kappa shape index (κ1) is 17.6. The highest BCUT2D eigenvalue weighted by Gasteiger charge is 2.17. The standard InChI is InChI=1S/C11H26N2O.ClH/c1-10(2,3)12-7-9(14)8-13-11(4,5)6;/h9,12-14H,7-8H2,1-6H3;1H. The first-order valence-corrected chi connectivity index (χ1v) is 5.38. The third-order valence-corrected chi connectivity index (χ3v) is 1.87. The van der Waals surface area contributed by atoms with E-state index < -0.39 is 0 Å². The minimum Gasteiger partial charge on any atom is -1.00 e. The first-order valence-electron chi connectivity index (χ1n) is 5.38. The first-order chi connectivity index (χ1) is 6.10. The Morgan fingerprint density at radius 3 is 1.93 bits per heavy atom. The fourth-order valence-electron chi connectivity index (χ4n) is 0.997. The zero-order valence-electron chi connectivity index (χ0n) is 10.9. The SMILES string of the molecule is CC(C)(C)NCC(O)C[NH2+]C(C)(C)C.[Cl-]. The zero-order chi connectivity index (χ0) is 11.4. The molecule has 1 atom stereocenters. The Labute approximate surface area is 100 Å². The van der Waals surface area contributed by atoms with Crippen molar-refractivity contribution in [1.29, 1.82) is 0 Å². The number of nitrogens with one attached hydrogen (secondary N) is 1. The van der Waals surface area contributed by atoms with Gasteiger partial charge in [0.15, 0.2) is 0 Å². The molecule has 0 heterocycles. The normalized spacial score (nSPS) is 14.6. The van der Waals surface area contributed by atoms with E-state index in [1.165, 1.54) is 0 Å². The van der Waals surface area contributed by atoms with Gasteiger partial charge in [0.05, 0.1) is 5.54 Å². The van der Waals surface area contributed by atoms with Gasteiger partial charge in [0, 0.05) is 12.1 Å². The number of hydrogen-bond acceptors (Lipinski definition) is 2. The van der Waals surface area contributed by atoms with Crippen LogP contribution < -0.4 is 23.0 Å². The highest BCUT2D eigenvalue weighted by Crippen LogP contribution is 1.97. The lowest BCUT2D eigenvalue weighted by Crippen LogP contribution is -3.00. The number of aliphatic hydroxyl groups is 1. The summed E-state index contributed by atoms with van der Waals surface area (Å²) in [4.78, 5) is 0. The van der Waals surface area contributed by atoms with E-state index in [4.69, 9.17) is 0 Å². The van der Waals surface area contributed by atoms with Gasteiger partial charge in [-0.15, -0.1) is 0 Å². The van der Waals surface area contributed by atoms with Crippen LogP contribution in [0.25, 0.3) is 0 Å². The summed E-state index contributed by atoms with van der Waals surface area (Å²) in [7, 11) is 0. The van der Waals surface area contributed by atoms with Crippen LogP contribution in [0.4, 0.5) is 0 Å². The topological polar surface area (TPSA) is 48.9 Å². The van der Waals surface area contributed by atoms with Gasteiger partial charge in [0.25, 0.3) is 0 Å². The third kappa shape index (κ3) is 14.2. The number of hydrogen-bond donors (Lipinski definition) is 3. The number of rotatable bonds is 4. The summed E-state index contributed by atoms with van der Waals surface area (Å²) in [6.45, 7) is 14.2. The van der Waals surface area contributed by atoms with E-state index in [2.05, 4.69) is 52.2 Å². The van der Waals surface area contributed by atoms with Crippen LogP contribution in [0.15, 0.2) is 0 Å². The highest BCUT2D eigenvalue weighted by atomic mass is 35.5. The van der Waals surface area contributed by atoms with Gasteiger partial charge in [0.1, 0.15) is 12.6 Å². The van der Waals surface area contributed by atoms with Gasteiger partial charge in [-0.25, -0.2) is 0 Å². The minimum atomic E-state index is -0.270. The van der Waals surface area contributed by atoms with Gasteiger partial charge >= 0.3 is 0 Å². The Hall–Kier alpha value is 0.170. The monoisotopic (exact) mass is 238 g/mol. The van der Waals surface area contributed by atoms with Crippen molar-refractivity contribution in [3.05, 3.63) is 0 Å². The predicted molar refractivity (Wildman–Crippen MR) is 60.3 cm³/mol. The molecule has 3 nitrogen and oxygen atoms in total. The minimum absolute atomic E-state index is 0. The maximum Gasteiger partial charge on any atom is 0.115 e. The van der Waals surface area contributed by atoms with Crippen molar-refractivity contribution >= 4 is 0 Å². The van der Waals surface area contributed by atoms with E-state index in [-0.39, 0.29) is 29.6 Å². The molecular formula is C11H27ClN2O. The molecule has 4 heteroatoms. The third-order valence-electron chi connectivity index (χ3n) is 1.87. The van der Waals surface area contributed by atoms with Crippen molar-refractivity contribution in [3.63, 3.8) is 0 Å². The summed E-state index contributed by atoms with van der Waals surface area (Å²) in [5, 5.41) is 15.1. The van der Waals surface area contributed by atoms with Gasteiger partial charge in [-0.3, -0.25) is 0 Å². The highest BCUT2D eigenvalue weighted by molar-refractivity contribution is 4.72. The molecule has 0 aromatic carbocycles. The Balaban J connectivity index is 0. The Bertz CT molecular complexity index is 143. The second-order valence-corrected chi connectivity index (χ2v) is 6.09. The molecule has 0 aromatic heterocycles. The van der Waals surface area contributed by atoms with Crippen LogP contribution in [-0.2, 0) is 0 Å². The molecule has 0 radical (unpaired) electrons. The molecule has 0 aliphatic rings. The summed E-state index contributed by atoms with van der Waals surface area (Å²) in [5.74, 6) is 0. The van der Waals surface area contributed by atoms with E-state index in [1.807, 2.05) is 0 Å². The fourth-order valence-corrected chi connectivity index (χ4v) is 0.997. The van der Waals surface area contributed by atoms with E-state index in [1.54, 1.807) is 0 Å². The lowest BCUT2D eigenvalue weighted by atomic mass is 10.1. The van der Waals surface area contributed by atoms with Crippen LogP contribution >= 0.6 is 0 Å². The largest absolute Gasteiger partial charge is 1.00 e. The van der Waals surface area contributed by atoms with Crippen molar-refractivity contribution in [2.75, 3.05) is 13.1 Å². The molecule has 0 fully saturated rings. The predicted octanol–water partition coefficient (Wildman–Crippen LogP) is -2.90. The van der Waals surface area contributed by atoms with Crippen molar-refractivity contribution in [2.45, 2.75) is 58.7 Å². The maximum absolute atomic E-state index is 9.68. The lowest BCUT2D eigenvalue weighted by Gasteiger charge is -2.24. The van der Waals surface area contributed by atoms with Gasteiger partial charge in [-0.1, -0.05) is 0 Å². The Morgan fingerprint density at radius 2 is 1.60 bits per heavy atom. The van der Waals surface area contributed by atoms with Crippen LogP contribution in [0.1, 0.15) is 41.5 Å². The molecule has 0 aromatic rings. The van der Waals surface area contributed by atoms with Crippen LogP contribution in [0, 0.1) is 0 Å². The van der Waals surface area contributed by atoms with E-state index >= 15 is 0 Å². The molecule has 0 saturated carbocycles. The van der Waals surface area contributed by atoms with Crippen LogP contribution in [-0.4, -0.2) is 35.4 Å². The Morgan fingerprint density at radius 1 is 1.13 bits per heavy atom. The number of β-amino-alcohol motifs (C(OH)–C–C–N with tert-alkyl or cyclic N) is 1.